The molecule has 3 aromatic rings. The Balaban J connectivity index is 1.62. The second kappa shape index (κ2) is 7.37. The van der Waals surface area contributed by atoms with Crippen LogP contribution in [0.25, 0.3) is 22.2 Å². The fraction of sp³-hybridized carbons (Fsp3) is 0.273. The van der Waals surface area contributed by atoms with Gasteiger partial charge in [-0.05, 0) is 49.7 Å². The molecule has 5 nitrogen and oxygen atoms in total. The van der Waals surface area contributed by atoms with Crippen molar-refractivity contribution in [2.45, 2.75) is 19.4 Å². The number of benzene rings is 2. The Labute approximate surface area is 158 Å². The lowest BCUT2D eigenvalue weighted by atomic mass is 10.0. The van der Waals surface area contributed by atoms with Crippen molar-refractivity contribution in [3.8, 4) is 17.0 Å². The summed E-state index contributed by atoms with van der Waals surface area (Å²) >= 11 is 0. The monoisotopic (exact) mass is 361 g/mol. The third-order valence-electron chi connectivity index (χ3n) is 5.07. The molecule has 1 aromatic heterocycles. The van der Waals surface area contributed by atoms with Crippen molar-refractivity contribution in [1.29, 1.82) is 0 Å². The van der Waals surface area contributed by atoms with Crippen molar-refractivity contribution in [2.75, 3.05) is 20.2 Å². The van der Waals surface area contributed by atoms with Gasteiger partial charge in [0.1, 0.15) is 11.3 Å². The molecule has 27 heavy (non-hydrogen) atoms. The number of aryl methyl sites for hydroxylation is 1. The normalized spacial score (nSPS) is 16.4. The zero-order valence-electron chi connectivity index (χ0n) is 15.6. The molecule has 1 atom stereocenters. The smallest absolute Gasteiger partial charge is 0.251 e. The molecular formula is C22H23N3O2. The van der Waals surface area contributed by atoms with E-state index in [2.05, 4.69) is 29.7 Å². The summed E-state index contributed by atoms with van der Waals surface area (Å²) in [5.41, 5.74) is 4.51. The predicted molar refractivity (Wildman–Crippen MR) is 107 cm³/mol. The molecule has 138 valence electrons. The molecular weight excluding hydrogens is 338 g/mol. The van der Waals surface area contributed by atoms with Crippen LogP contribution < -0.4 is 15.4 Å². The van der Waals surface area contributed by atoms with E-state index in [9.17, 15) is 4.79 Å². The standard InChI is InChI=1S/C22H23N3O2/c1-14-12-19(25-21-18(14)4-3-5-20(21)27-2)15-6-8-16(9-7-15)22(26)24-17-10-11-23-13-17/h3-9,12,17,23H,10-11,13H2,1-2H3,(H,24,26)/t17-/m0/s1. The van der Waals surface area contributed by atoms with E-state index in [0.29, 0.717) is 5.56 Å². The van der Waals surface area contributed by atoms with E-state index in [4.69, 9.17) is 9.72 Å². The number of fused-ring (bicyclic) bond motifs is 1. The van der Waals surface area contributed by atoms with Crippen LogP contribution in [0.5, 0.6) is 5.75 Å². The van der Waals surface area contributed by atoms with Gasteiger partial charge in [-0.3, -0.25) is 4.79 Å². The SMILES string of the molecule is COc1cccc2c(C)cc(-c3ccc(C(=O)N[C@H]4CCNC4)cc3)nc12. The van der Waals surface area contributed by atoms with Gasteiger partial charge in [0, 0.05) is 29.1 Å². The lowest BCUT2D eigenvalue weighted by Gasteiger charge is -2.12. The number of aromatic nitrogens is 1. The van der Waals surface area contributed by atoms with Crippen molar-refractivity contribution < 1.29 is 9.53 Å². The van der Waals surface area contributed by atoms with Crippen molar-refractivity contribution in [1.82, 2.24) is 15.6 Å². The zero-order chi connectivity index (χ0) is 18.8. The minimum absolute atomic E-state index is 0.0282. The van der Waals surface area contributed by atoms with Gasteiger partial charge in [-0.1, -0.05) is 24.3 Å². The molecule has 0 saturated carbocycles. The second-order valence-corrected chi connectivity index (χ2v) is 6.92. The van der Waals surface area contributed by atoms with Gasteiger partial charge in [-0.2, -0.15) is 0 Å². The van der Waals surface area contributed by atoms with Gasteiger partial charge >= 0.3 is 0 Å². The van der Waals surface area contributed by atoms with E-state index in [0.717, 1.165) is 53.0 Å². The van der Waals surface area contributed by atoms with Crippen LogP contribution in [0.15, 0.2) is 48.5 Å². The molecule has 1 aliphatic heterocycles. The van der Waals surface area contributed by atoms with Gasteiger partial charge in [0.25, 0.3) is 5.91 Å². The highest BCUT2D eigenvalue weighted by molar-refractivity contribution is 5.95. The summed E-state index contributed by atoms with van der Waals surface area (Å²) in [7, 11) is 1.66. The quantitative estimate of drug-likeness (QED) is 0.748. The first kappa shape index (κ1) is 17.5. The van der Waals surface area contributed by atoms with Gasteiger partial charge in [0.15, 0.2) is 0 Å². The molecule has 0 aliphatic carbocycles. The van der Waals surface area contributed by atoms with E-state index in [1.54, 1.807) is 7.11 Å². The molecule has 1 fully saturated rings. The van der Waals surface area contributed by atoms with Crippen molar-refractivity contribution in [3.05, 3.63) is 59.7 Å². The van der Waals surface area contributed by atoms with Crippen molar-refractivity contribution in [2.24, 2.45) is 0 Å². The first-order valence-electron chi connectivity index (χ1n) is 9.22. The topological polar surface area (TPSA) is 63.2 Å². The van der Waals surface area contributed by atoms with Crippen LogP contribution in [0.3, 0.4) is 0 Å². The molecule has 1 amide bonds. The van der Waals surface area contributed by atoms with Crippen LogP contribution in [0.1, 0.15) is 22.3 Å². The zero-order valence-corrected chi connectivity index (χ0v) is 15.6. The number of methoxy groups -OCH3 is 1. The largest absolute Gasteiger partial charge is 0.494 e. The number of hydrogen-bond donors (Lipinski definition) is 2. The van der Waals surface area contributed by atoms with Crippen LogP contribution in [0, 0.1) is 6.92 Å². The molecule has 0 unspecified atom stereocenters. The Morgan fingerprint density at radius 1 is 1.22 bits per heavy atom. The lowest BCUT2D eigenvalue weighted by molar-refractivity contribution is 0.0940. The van der Waals surface area contributed by atoms with E-state index in [-0.39, 0.29) is 11.9 Å². The number of carbonyl (C=O) groups excluding carboxylic acids is 1. The number of ether oxygens (including phenoxy) is 1. The highest BCUT2D eigenvalue weighted by Crippen LogP contribution is 2.30. The van der Waals surface area contributed by atoms with Crippen LogP contribution in [0.2, 0.25) is 0 Å². The molecule has 0 radical (unpaired) electrons. The summed E-state index contributed by atoms with van der Waals surface area (Å²) in [5, 5.41) is 7.41. The third-order valence-corrected chi connectivity index (χ3v) is 5.07. The molecule has 2 N–H and O–H groups in total. The molecule has 5 heteroatoms. The number of carbonyl (C=O) groups is 1. The lowest BCUT2D eigenvalue weighted by Crippen LogP contribution is -2.36. The minimum atomic E-state index is -0.0282. The molecule has 1 aliphatic rings. The number of para-hydroxylation sites is 1. The highest BCUT2D eigenvalue weighted by atomic mass is 16.5. The summed E-state index contributed by atoms with van der Waals surface area (Å²) in [6, 6.07) is 15.8. The van der Waals surface area contributed by atoms with Crippen LogP contribution in [-0.2, 0) is 0 Å². The maximum absolute atomic E-state index is 12.4. The average molecular weight is 361 g/mol. The summed E-state index contributed by atoms with van der Waals surface area (Å²) < 4.78 is 5.47. The fourth-order valence-electron chi connectivity index (χ4n) is 3.54. The Bertz CT molecular complexity index is 977. The highest BCUT2D eigenvalue weighted by Gasteiger charge is 2.17. The van der Waals surface area contributed by atoms with Gasteiger partial charge in [0.2, 0.25) is 0 Å². The van der Waals surface area contributed by atoms with E-state index in [1.807, 2.05) is 36.4 Å². The Morgan fingerprint density at radius 3 is 2.74 bits per heavy atom. The Morgan fingerprint density at radius 2 is 2.04 bits per heavy atom. The fourth-order valence-corrected chi connectivity index (χ4v) is 3.54. The van der Waals surface area contributed by atoms with Gasteiger partial charge in [-0.25, -0.2) is 4.98 Å². The summed E-state index contributed by atoms with van der Waals surface area (Å²) in [4.78, 5) is 17.2. The molecule has 1 saturated heterocycles. The maximum atomic E-state index is 12.4. The van der Waals surface area contributed by atoms with E-state index >= 15 is 0 Å². The van der Waals surface area contributed by atoms with E-state index < -0.39 is 0 Å². The van der Waals surface area contributed by atoms with Crippen molar-refractivity contribution >= 4 is 16.8 Å². The summed E-state index contributed by atoms with van der Waals surface area (Å²) in [6.45, 7) is 3.87. The first-order valence-corrected chi connectivity index (χ1v) is 9.22. The first-order chi connectivity index (χ1) is 13.2. The maximum Gasteiger partial charge on any atom is 0.251 e. The minimum Gasteiger partial charge on any atom is -0.494 e. The molecule has 0 bridgehead atoms. The molecule has 2 heterocycles. The number of hydrogen-bond acceptors (Lipinski definition) is 4. The Hall–Kier alpha value is -2.92. The van der Waals surface area contributed by atoms with Crippen LogP contribution >= 0.6 is 0 Å². The molecule has 0 spiro atoms. The second-order valence-electron chi connectivity index (χ2n) is 6.92. The average Bonchev–Trinajstić information content (AvgIpc) is 3.20. The Kier molecular flexibility index (Phi) is 4.77. The summed E-state index contributed by atoms with van der Waals surface area (Å²) in [6.07, 6.45) is 0.978. The number of rotatable bonds is 4. The van der Waals surface area contributed by atoms with Crippen LogP contribution in [-0.4, -0.2) is 37.1 Å². The van der Waals surface area contributed by atoms with Crippen LogP contribution in [0.4, 0.5) is 0 Å². The predicted octanol–water partition coefficient (Wildman–Crippen LogP) is 3.31. The number of pyridine rings is 1. The van der Waals surface area contributed by atoms with Gasteiger partial charge in [0.05, 0.1) is 12.8 Å². The number of nitrogens with zero attached hydrogens (tertiary/aromatic N) is 1. The third kappa shape index (κ3) is 3.51. The summed E-state index contributed by atoms with van der Waals surface area (Å²) in [5.74, 6) is 0.734. The van der Waals surface area contributed by atoms with Crippen molar-refractivity contribution in [3.63, 3.8) is 0 Å². The molecule has 2 aromatic carbocycles. The van der Waals surface area contributed by atoms with E-state index in [1.165, 1.54) is 0 Å². The van der Waals surface area contributed by atoms with Gasteiger partial charge < -0.3 is 15.4 Å². The number of nitrogens with one attached hydrogen (secondary N) is 2. The number of amides is 1. The van der Waals surface area contributed by atoms with Gasteiger partial charge in [-0.15, -0.1) is 0 Å². The molecule has 4 rings (SSSR count).